The first-order valence-electron chi connectivity index (χ1n) is 10.6. The molecule has 2 unspecified atom stereocenters. The largest absolute Gasteiger partial charge is 0.491 e. The molecule has 33 heavy (non-hydrogen) atoms. The van der Waals surface area contributed by atoms with E-state index >= 15 is 0 Å². The monoisotopic (exact) mass is 479 g/mol. The highest BCUT2D eigenvalue weighted by Crippen LogP contribution is 2.33. The Labute approximate surface area is 200 Å². The molecule has 0 aliphatic heterocycles. The maximum atomic E-state index is 10.1. The molecule has 2 rings (SSSR count). The summed E-state index contributed by atoms with van der Waals surface area (Å²) in [6.07, 6.45) is -0.362. The predicted molar refractivity (Wildman–Crippen MR) is 129 cm³/mol. The Hall–Kier alpha value is -2.49. The minimum atomic E-state index is -0.862. The van der Waals surface area contributed by atoms with Crippen LogP contribution in [0.1, 0.15) is 25.0 Å². The first kappa shape index (κ1) is 26.8. The van der Waals surface area contributed by atoms with Crippen LogP contribution in [0.4, 0.5) is 0 Å². The van der Waals surface area contributed by atoms with Crippen molar-refractivity contribution in [2.75, 3.05) is 32.2 Å². The summed E-state index contributed by atoms with van der Waals surface area (Å²) in [7, 11) is 0. The van der Waals surface area contributed by atoms with Crippen molar-refractivity contribution in [3.05, 3.63) is 71.6 Å². The van der Waals surface area contributed by atoms with Crippen molar-refractivity contribution in [2.45, 2.75) is 31.5 Å². The van der Waals surface area contributed by atoms with Crippen LogP contribution < -0.4 is 21.1 Å². The molecule has 0 aromatic heterocycles. The summed E-state index contributed by atoms with van der Waals surface area (Å²) >= 11 is 5.59. The third kappa shape index (κ3) is 7.80. The van der Waals surface area contributed by atoms with Gasteiger partial charge in [-0.2, -0.15) is 0 Å². The molecule has 2 aromatic carbocycles. The molecule has 0 bridgehead atoms. The number of nitrogens with zero attached hydrogens (tertiary/aromatic N) is 1. The van der Waals surface area contributed by atoms with Gasteiger partial charge in [-0.1, -0.05) is 38.1 Å². The normalized spacial score (nSPS) is 14.0. The number of aliphatic hydroxyl groups is 3. The Morgan fingerprint density at radius 2 is 1.42 bits per heavy atom. The smallest absolute Gasteiger partial charge is 0.119 e. The van der Waals surface area contributed by atoms with Crippen molar-refractivity contribution in [3.8, 4) is 11.5 Å². The van der Waals surface area contributed by atoms with Crippen LogP contribution in [-0.4, -0.2) is 64.8 Å². The van der Waals surface area contributed by atoms with Crippen LogP contribution >= 0.6 is 11.6 Å². The van der Waals surface area contributed by atoms with E-state index in [4.69, 9.17) is 37.8 Å². The number of rotatable bonds is 13. The summed E-state index contributed by atoms with van der Waals surface area (Å²) in [6.45, 7) is 4.19. The fourth-order valence-electron chi connectivity index (χ4n) is 3.17. The molecule has 182 valence electrons. The van der Waals surface area contributed by atoms with Crippen LogP contribution in [0.3, 0.4) is 0 Å². The average molecular weight is 480 g/mol. The number of nitrogens with two attached hydrogens (primary N) is 2. The molecular weight excluding hydrogens is 446 g/mol. The summed E-state index contributed by atoms with van der Waals surface area (Å²) in [5.41, 5.74) is 7.62. The molecule has 0 amide bonds. The second-order valence-electron chi connectivity index (χ2n) is 8.23. The van der Waals surface area contributed by atoms with Gasteiger partial charge in [0, 0.05) is 11.6 Å². The first-order chi connectivity index (χ1) is 15.7. The van der Waals surface area contributed by atoms with E-state index in [9.17, 15) is 10.2 Å². The number of benzene rings is 2. The van der Waals surface area contributed by atoms with E-state index in [1.54, 1.807) is 0 Å². The summed E-state index contributed by atoms with van der Waals surface area (Å²) in [5.74, 6) is 7.19. The Morgan fingerprint density at radius 1 is 0.970 bits per heavy atom. The van der Waals surface area contributed by atoms with Crippen LogP contribution in [0.25, 0.3) is 0 Å². The summed E-state index contributed by atoms with van der Waals surface area (Å²) in [6, 6.07) is 15.4. The van der Waals surface area contributed by atoms with Gasteiger partial charge in [0.1, 0.15) is 36.9 Å². The van der Waals surface area contributed by atoms with Gasteiger partial charge in [0.25, 0.3) is 0 Å². The number of halogens is 1. The second kappa shape index (κ2) is 12.7. The SMILES string of the molecule is CC(C)(c1ccc(OCC(O)CCl)cc1)c1ccc(OCC(O)CN(N)/C(=C\N)CO)cc1. The molecule has 0 fully saturated rings. The van der Waals surface area contributed by atoms with E-state index in [-0.39, 0.29) is 37.7 Å². The lowest BCUT2D eigenvalue weighted by Gasteiger charge is -2.27. The maximum absolute atomic E-state index is 10.1. The second-order valence-corrected chi connectivity index (χ2v) is 8.53. The number of ether oxygens (including phenoxy) is 2. The lowest BCUT2D eigenvalue weighted by molar-refractivity contribution is 0.0745. The lowest BCUT2D eigenvalue weighted by atomic mass is 9.78. The van der Waals surface area contributed by atoms with E-state index < -0.39 is 12.2 Å². The molecule has 0 saturated heterocycles. The molecule has 7 N–H and O–H groups in total. The van der Waals surface area contributed by atoms with Gasteiger partial charge in [-0.15, -0.1) is 11.6 Å². The van der Waals surface area contributed by atoms with Gasteiger partial charge < -0.3 is 35.5 Å². The summed E-state index contributed by atoms with van der Waals surface area (Å²) in [5, 5.41) is 30.0. The van der Waals surface area contributed by atoms with E-state index in [1.165, 1.54) is 11.2 Å². The highest BCUT2D eigenvalue weighted by Gasteiger charge is 2.23. The standard InChI is InChI=1S/C24H34ClN3O5/c1-24(2,17-3-7-22(8-4-17)32-15-20(30)11-25)18-5-9-23(10-6-18)33-16-21(31)13-28(27)19(12-26)14-29/h3-10,12,20-21,29-31H,11,13-16,26-27H2,1-2H3/b19-12-. The number of hydrogen-bond acceptors (Lipinski definition) is 8. The highest BCUT2D eigenvalue weighted by molar-refractivity contribution is 6.18. The fourth-order valence-corrected chi connectivity index (χ4v) is 3.26. The van der Waals surface area contributed by atoms with Gasteiger partial charge in [0.2, 0.25) is 0 Å². The molecular formula is C24H34ClN3O5. The van der Waals surface area contributed by atoms with Gasteiger partial charge in [0.15, 0.2) is 0 Å². The molecule has 0 spiro atoms. The molecule has 8 nitrogen and oxygen atoms in total. The van der Waals surface area contributed by atoms with E-state index in [2.05, 4.69) is 13.8 Å². The van der Waals surface area contributed by atoms with Crippen molar-refractivity contribution in [1.82, 2.24) is 5.01 Å². The quantitative estimate of drug-likeness (QED) is 0.166. The van der Waals surface area contributed by atoms with E-state index in [0.29, 0.717) is 17.2 Å². The zero-order chi connectivity index (χ0) is 24.4. The van der Waals surface area contributed by atoms with Gasteiger partial charge in [-0.3, -0.25) is 0 Å². The molecule has 9 heteroatoms. The Bertz CT molecular complexity index is 875. The van der Waals surface area contributed by atoms with Crippen LogP contribution in [0.5, 0.6) is 11.5 Å². The van der Waals surface area contributed by atoms with Crippen molar-refractivity contribution in [1.29, 1.82) is 0 Å². The summed E-state index contributed by atoms with van der Waals surface area (Å²) < 4.78 is 11.2. The van der Waals surface area contributed by atoms with Crippen molar-refractivity contribution in [2.24, 2.45) is 11.6 Å². The lowest BCUT2D eigenvalue weighted by Crippen LogP contribution is -2.40. The highest BCUT2D eigenvalue weighted by atomic mass is 35.5. The third-order valence-corrected chi connectivity index (χ3v) is 5.70. The molecule has 0 saturated carbocycles. The number of alkyl halides is 1. The number of hydrogen-bond donors (Lipinski definition) is 5. The van der Waals surface area contributed by atoms with Gasteiger partial charge in [-0.25, -0.2) is 5.84 Å². The molecule has 0 heterocycles. The van der Waals surface area contributed by atoms with Crippen LogP contribution in [0, 0.1) is 0 Å². The topological polar surface area (TPSA) is 134 Å². The zero-order valence-electron chi connectivity index (χ0n) is 19.0. The minimum absolute atomic E-state index is 0.0413. The molecule has 0 radical (unpaired) electrons. The fraction of sp³-hybridized carbons (Fsp3) is 0.417. The third-order valence-electron chi connectivity index (χ3n) is 5.35. The van der Waals surface area contributed by atoms with Gasteiger partial charge in [-0.05, 0) is 35.4 Å². The Morgan fingerprint density at radius 3 is 1.82 bits per heavy atom. The molecule has 0 aliphatic carbocycles. The average Bonchev–Trinajstić information content (AvgIpc) is 2.82. The predicted octanol–water partition coefficient (Wildman–Crippen LogP) is 1.70. The molecule has 0 aliphatic rings. The maximum Gasteiger partial charge on any atom is 0.119 e. The van der Waals surface area contributed by atoms with Crippen LogP contribution in [-0.2, 0) is 5.41 Å². The first-order valence-corrected chi connectivity index (χ1v) is 11.2. The number of aliphatic hydroxyl groups excluding tert-OH is 3. The van der Waals surface area contributed by atoms with Crippen molar-refractivity contribution in [3.63, 3.8) is 0 Å². The van der Waals surface area contributed by atoms with Gasteiger partial charge >= 0.3 is 0 Å². The van der Waals surface area contributed by atoms with Gasteiger partial charge in [0.05, 0.1) is 24.7 Å². The minimum Gasteiger partial charge on any atom is -0.491 e. The molecule has 2 aromatic rings. The van der Waals surface area contributed by atoms with Crippen molar-refractivity contribution < 1.29 is 24.8 Å². The van der Waals surface area contributed by atoms with Crippen LogP contribution in [0.2, 0.25) is 0 Å². The van der Waals surface area contributed by atoms with Crippen molar-refractivity contribution >= 4 is 11.6 Å². The molecule has 2 atom stereocenters. The Balaban J connectivity index is 1.95. The van der Waals surface area contributed by atoms with E-state index in [0.717, 1.165) is 11.1 Å². The number of hydrazine groups is 1. The Kier molecular flexibility index (Phi) is 10.3. The summed E-state index contributed by atoms with van der Waals surface area (Å²) in [4.78, 5) is 0. The van der Waals surface area contributed by atoms with E-state index in [1.807, 2.05) is 48.5 Å². The van der Waals surface area contributed by atoms with Crippen LogP contribution in [0.15, 0.2) is 60.4 Å². The zero-order valence-corrected chi connectivity index (χ0v) is 19.8.